The minimum absolute atomic E-state index is 0.0689. The van der Waals surface area contributed by atoms with Crippen molar-refractivity contribution >= 4 is 17.9 Å². The summed E-state index contributed by atoms with van der Waals surface area (Å²) in [7, 11) is 0. The molecule has 0 aliphatic heterocycles. The Hall–Kier alpha value is -3.44. The van der Waals surface area contributed by atoms with Gasteiger partial charge in [0.05, 0.1) is 0 Å². The number of carboxylic acid groups (broad SMARTS) is 1. The zero-order valence-electron chi connectivity index (χ0n) is 17.2. The topological polar surface area (TPSA) is 128 Å². The first kappa shape index (κ1) is 24.2. The molecule has 4 N–H and O–H groups in total. The van der Waals surface area contributed by atoms with Gasteiger partial charge in [0.25, 0.3) is 0 Å². The molecule has 0 spiro atoms. The minimum Gasteiger partial charge on any atom is -0.479 e. The highest BCUT2D eigenvalue weighted by atomic mass is 19.4. The van der Waals surface area contributed by atoms with E-state index in [1.54, 1.807) is 12.1 Å². The molecule has 11 heteroatoms. The molecular formula is C22H21F3N2O6. The summed E-state index contributed by atoms with van der Waals surface area (Å²) in [4.78, 5) is 39.8. The Morgan fingerprint density at radius 2 is 1.52 bits per heavy atom. The van der Waals surface area contributed by atoms with Gasteiger partial charge in [0.2, 0.25) is 5.54 Å². The second-order valence-corrected chi connectivity index (χ2v) is 7.42. The third kappa shape index (κ3) is 4.83. The number of hydroxylamine groups is 1. The molecule has 33 heavy (non-hydrogen) atoms. The molecular weight excluding hydrogens is 445 g/mol. The average Bonchev–Trinajstić information content (AvgIpc) is 3.10. The Bertz CT molecular complexity index is 1010. The highest BCUT2D eigenvalue weighted by Gasteiger charge is 2.51. The van der Waals surface area contributed by atoms with Crippen molar-refractivity contribution in [2.45, 2.75) is 30.5 Å². The molecule has 0 heterocycles. The zero-order chi connectivity index (χ0) is 24.2. The maximum Gasteiger partial charge on any atom is 0.492 e. The molecule has 1 aliphatic rings. The lowest BCUT2D eigenvalue weighted by Crippen LogP contribution is -2.60. The highest BCUT2D eigenvalue weighted by molar-refractivity contribution is 6.04. The second-order valence-electron chi connectivity index (χ2n) is 7.42. The molecule has 0 saturated carbocycles. The van der Waals surface area contributed by atoms with E-state index < -0.39 is 42.0 Å². The van der Waals surface area contributed by atoms with Crippen LogP contribution in [0.15, 0.2) is 48.5 Å². The Labute approximate surface area is 186 Å². The summed E-state index contributed by atoms with van der Waals surface area (Å²) < 4.78 is 42.8. The fourth-order valence-corrected chi connectivity index (χ4v) is 3.71. The van der Waals surface area contributed by atoms with E-state index >= 15 is 0 Å². The monoisotopic (exact) mass is 466 g/mol. The fourth-order valence-electron chi connectivity index (χ4n) is 3.71. The van der Waals surface area contributed by atoms with Crippen molar-refractivity contribution in [1.29, 1.82) is 0 Å². The number of aliphatic carboxylic acids is 1. The van der Waals surface area contributed by atoms with Gasteiger partial charge in [-0.15, -0.1) is 5.48 Å². The summed E-state index contributed by atoms with van der Waals surface area (Å²) >= 11 is 0. The third-order valence-electron chi connectivity index (χ3n) is 5.36. The largest absolute Gasteiger partial charge is 0.492 e. The van der Waals surface area contributed by atoms with Crippen LogP contribution in [-0.4, -0.2) is 47.9 Å². The molecule has 176 valence electrons. The van der Waals surface area contributed by atoms with Crippen LogP contribution < -0.4 is 11.2 Å². The number of hydrogen-bond donors (Lipinski definition) is 3. The molecule has 0 fully saturated rings. The normalized spacial score (nSPS) is 14.7. The van der Waals surface area contributed by atoms with Crippen molar-refractivity contribution in [3.63, 3.8) is 0 Å². The van der Waals surface area contributed by atoms with Gasteiger partial charge in [0, 0.05) is 5.92 Å². The van der Waals surface area contributed by atoms with Crippen molar-refractivity contribution in [3.8, 4) is 11.1 Å². The van der Waals surface area contributed by atoms with E-state index in [0.717, 1.165) is 22.3 Å². The van der Waals surface area contributed by atoms with Crippen molar-refractivity contribution < 1.29 is 42.2 Å². The van der Waals surface area contributed by atoms with Gasteiger partial charge in [-0.1, -0.05) is 48.5 Å². The van der Waals surface area contributed by atoms with Crippen LogP contribution in [0, 0.1) is 0 Å². The Balaban J connectivity index is 1.84. The number of nitrogens with one attached hydrogen (secondary N) is 1. The minimum atomic E-state index is -5.40. The molecule has 2 aromatic rings. The summed E-state index contributed by atoms with van der Waals surface area (Å²) in [6.45, 7) is -0.347. The number of nitrogens with two attached hydrogens (primary N) is 1. The fraction of sp³-hybridized carbons (Fsp3) is 0.318. The number of alkyl halides is 3. The molecule has 0 aromatic heterocycles. The van der Waals surface area contributed by atoms with E-state index in [0.29, 0.717) is 0 Å². The van der Waals surface area contributed by atoms with Crippen molar-refractivity contribution in [2.75, 3.05) is 13.2 Å². The molecule has 3 rings (SSSR count). The van der Waals surface area contributed by atoms with Crippen molar-refractivity contribution in [2.24, 2.45) is 5.73 Å². The highest BCUT2D eigenvalue weighted by Crippen LogP contribution is 2.44. The molecule has 0 radical (unpaired) electrons. The molecule has 0 unspecified atom stereocenters. The van der Waals surface area contributed by atoms with Crippen LogP contribution in [0.5, 0.6) is 0 Å². The van der Waals surface area contributed by atoms with Crippen LogP contribution in [0.25, 0.3) is 11.1 Å². The number of carbonyl (C=O) groups excluding carboxylic acids is 2. The number of ether oxygens (including phenoxy) is 1. The Morgan fingerprint density at radius 3 is 2.00 bits per heavy atom. The van der Waals surface area contributed by atoms with Crippen molar-refractivity contribution in [3.05, 3.63) is 59.7 Å². The maximum atomic E-state index is 12.9. The Kier molecular flexibility index (Phi) is 7.04. The molecule has 0 amide bonds. The number of benzene rings is 2. The summed E-state index contributed by atoms with van der Waals surface area (Å²) in [6.07, 6.45) is -6.04. The van der Waals surface area contributed by atoms with Gasteiger partial charge in [-0.3, -0.25) is 0 Å². The first-order valence-electron chi connectivity index (χ1n) is 9.96. The molecule has 2 aromatic carbocycles. The lowest BCUT2D eigenvalue weighted by Gasteiger charge is -2.28. The number of carbonyl (C=O) groups is 3. The van der Waals surface area contributed by atoms with Crippen LogP contribution in [0.2, 0.25) is 0 Å². The standard InChI is InChI=1S/C22H21F3N2O6/c23-22(24,25)20(31)33-27-21(18(28)29,10-5-11-26)19(30)32-12-17-15-8-3-1-6-13(15)14-7-2-4-9-16(14)17/h1-4,6-9,17,27H,5,10-12,26H2,(H,28,29)/t21-/m0/s1. The summed E-state index contributed by atoms with van der Waals surface area (Å²) in [5.41, 5.74) is 7.67. The Morgan fingerprint density at radius 1 is 0.970 bits per heavy atom. The number of halogens is 3. The van der Waals surface area contributed by atoms with E-state index in [1.165, 1.54) is 5.48 Å². The van der Waals surface area contributed by atoms with Crippen molar-refractivity contribution in [1.82, 2.24) is 5.48 Å². The molecule has 0 saturated heterocycles. The van der Waals surface area contributed by atoms with Crippen LogP contribution >= 0.6 is 0 Å². The summed E-state index contributed by atoms with van der Waals surface area (Å²) in [5.74, 6) is -6.39. The van der Waals surface area contributed by atoms with Crippen LogP contribution in [0.3, 0.4) is 0 Å². The van der Waals surface area contributed by atoms with E-state index in [4.69, 9.17) is 10.5 Å². The van der Waals surface area contributed by atoms with Crippen LogP contribution in [-0.2, 0) is 24.0 Å². The number of hydrogen-bond acceptors (Lipinski definition) is 7. The average molecular weight is 466 g/mol. The third-order valence-corrected chi connectivity index (χ3v) is 5.36. The van der Waals surface area contributed by atoms with Gasteiger partial charge >= 0.3 is 24.1 Å². The van der Waals surface area contributed by atoms with Gasteiger partial charge in [-0.05, 0) is 41.6 Å². The zero-order valence-corrected chi connectivity index (χ0v) is 17.2. The van der Waals surface area contributed by atoms with Gasteiger partial charge in [0.1, 0.15) is 6.61 Å². The SMILES string of the molecule is NCCC[C@](NOC(=O)C(F)(F)F)(C(=O)O)C(=O)OCC1c2ccccc2-c2ccccc21. The first-order chi connectivity index (χ1) is 15.6. The van der Waals surface area contributed by atoms with E-state index in [9.17, 15) is 32.7 Å². The van der Waals surface area contributed by atoms with Gasteiger partial charge in [0.15, 0.2) is 0 Å². The predicted octanol–water partition coefficient (Wildman–Crippen LogP) is 2.51. The summed E-state index contributed by atoms with van der Waals surface area (Å²) in [6, 6.07) is 14.8. The van der Waals surface area contributed by atoms with E-state index in [1.807, 2.05) is 36.4 Å². The molecule has 1 aliphatic carbocycles. The molecule has 1 atom stereocenters. The van der Waals surface area contributed by atoms with E-state index in [2.05, 4.69) is 4.84 Å². The number of esters is 1. The molecule has 0 bridgehead atoms. The van der Waals surface area contributed by atoms with Gasteiger partial charge in [-0.2, -0.15) is 13.2 Å². The van der Waals surface area contributed by atoms with Gasteiger partial charge < -0.3 is 20.4 Å². The van der Waals surface area contributed by atoms with Crippen LogP contribution in [0.1, 0.15) is 29.9 Å². The van der Waals surface area contributed by atoms with Crippen LogP contribution in [0.4, 0.5) is 13.2 Å². The number of rotatable bonds is 9. The summed E-state index contributed by atoms with van der Waals surface area (Å²) in [5, 5.41) is 9.67. The molecule has 8 nitrogen and oxygen atoms in total. The lowest BCUT2D eigenvalue weighted by molar-refractivity contribution is -0.214. The second kappa shape index (κ2) is 9.59. The smallest absolute Gasteiger partial charge is 0.479 e. The predicted molar refractivity (Wildman–Crippen MR) is 109 cm³/mol. The lowest BCUT2D eigenvalue weighted by atomic mass is 9.94. The maximum absolute atomic E-state index is 12.9. The quantitative estimate of drug-likeness (QED) is 0.292. The number of carboxylic acids is 1. The number of fused-ring (bicyclic) bond motifs is 3. The van der Waals surface area contributed by atoms with E-state index in [-0.39, 0.29) is 19.6 Å². The first-order valence-corrected chi connectivity index (χ1v) is 9.96. The van der Waals surface area contributed by atoms with Gasteiger partial charge in [-0.25, -0.2) is 14.4 Å².